The van der Waals surface area contributed by atoms with Gasteiger partial charge in [0.2, 0.25) is 21.8 Å². The Morgan fingerprint density at radius 3 is 2.52 bits per heavy atom. The molecule has 0 unspecified atom stereocenters. The minimum absolute atomic E-state index is 0.109. The molecule has 0 bridgehead atoms. The Kier molecular flexibility index (Phi) is 6.02. The van der Waals surface area contributed by atoms with Gasteiger partial charge in [-0.25, -0.2) is 12.8 Å². The van der Waals surface area contributed by atoms with Gasteiger partial charge in [-0.3, -0.25) is 9.59 Å². The van der Waals surface area contributed by atoms with Crippen molar-refractivity contribution in [2.45, 2.75) is 31.1 Å². The van der Waals surface area contributed by atoms with E-state index in [1.165, 1.54) is 39.5 Å². The predicted molar refractivity (Wildman–Crippen MR) is 121 cm³/mol. The second kappa shape index (κ2) is 8.51. The van der Waals surface area contributed by atoms with E-state index in [0.29, 0.717) is 35.7 Å². The van der Waals surface area contributed by atoms with Gasteiger partial charge in [-0.2, -0.15) is 4.31 Å². The third-order valence-electron chi connectivity index (χ3n) is 6.08. The van der Waals surface area contributed by atoms with Crippen molar-refractivity contribution in [1.29, 1.82) is 0 Å². The second-order valence-electron chi connectivity index (χ2n) is 8.72. The molecule has 0 spiro atoms. The van der Waals surface area contributed by atoms with Crippen molar-refractivity contribution in [3.05, 3.63) is 53.3 Å². The molecule has 0 aromatic heterocycles. The zero-order valence-electron chi connectivity index (χ0n) is 18.7. The number of morpholine rings is 1. The van der Waals surface area contributed by atoms with Crippen LogP contribution in [-0.2, 0) is 29.8 Å². The largest absolute Gasteiger partial charge is 0.379 e. The van der Waals surface area contributed by atoms with Crippen molar-refractivity contribution in [3.63, 3.8) is 0 Å². The Morgan fingerprint density at radius 1 is 1.15 bits per heavy atom. The van der Waals surface area contributed by atoms with Gasteiger partial charge in [0.05, 0.1) is 23.5 Å². The number of carbonyl (C=O) groups is 2. The monoisotopic (exact) mass is 475 g/mol. The molecule has 0 atom stereocenters. The molecule has 176 valence electrons. The topological polar surface area (TPSA) is 96.0 Å². The van der Waals surface area contributed by atoms with Crippen LogP contribution in [0.4, 0.5) is 15.8 Å². The number of hydrogen-bond acceptors (Lipinski definition) is 5. The van der Waals surface area contributed by atoms with Gasteiger partial charge >= 0.3 is 0 Å². The van der Waals surface area contributed by atoms with Gasteiger partial charge in [0.25, 0.3) is 0 Å². The molecule has 2 aromatic carbocycles. The van der Waals surface area contributed by atoms with Crippen LogP contribution in [0.15, 0.2) is 41.3 Å². The van der Waals surface area contributed by atoms with E-state index in [-0.39, 0.29) is 30.4 Å². The van der Waals surface area contributed by atoms with Gasteiger partial charge in [0, 0.05) is 24.5 Å². The minimum atomic E-state index is -3.73. The predicted octanol–water partition coefficient (Wildman–Crippen LogP) is 2.42. The molecule has 0 saturated carbocycles. The van der Waals surface area contributed by atoms with Gasteiger partial charge in [-0.15, -0.1) is 0 Å². The lowest BCUT2D eigenvalue weighted by Crippen LogP contribution is -2.41. The Hall–Kier alpha value is -2.82. The van der Waals surface area contributed by atoms with E-state index in [2.05, 4.69) is 5.32 Å². The van der Waals surface area contributed by atoms with E-state index in [4.69, 9.17) is 4.74 Å². The summed E-state index contributed by atoms with van der Waals surface area (Å²) in [7, 11) is -3.73. The van der Waals surface area contributed by atoms with Crippen LogP contribution in [0.3, 0.4) is 0 Å². The summed E-state index contributed by atoms with van der Waals surface area (Å²) < 4.78 is 46.1. The number of benzene rings is 2. The lowest BCUT2D eigenvalue weighted by Gasteiger charge is -2.26. The first-order valence-corrected chi connectivity index (χ1v) is 12.1. The van der Waals surface area contributed by atoms with Gasteiger partial charge in [0.15, 0.2) is 0 Å². The average molecular weight is 476 g/mol. The van der Waals surface area contributed by atoms with E-state index in [0.717, 1.165) is 0 Å². The molecule has 2 aromatic rings. The molecule has 8 nitrogen and oxygen atoms in total. The fraction of sp³-hybridized carbons (Fsp3) is 0.391. The lowest BCUT2D eigenvalue weighted by atomic mass is 9.86. The summed E-state index contributed by atoms with van der Waals surface area (Å²) in [5.41, 5.74) is 1.07. The quantitative estimate of drug-likeness (QED) is 0.717. The van der Waals surface area contributed by atoms with Crippen molar-refractivity contribution in [3.8, 4) is 0 Å². The number of hydrogen-bond donors (Lipinski definition) is 1. The fourth-order valence-corrected chi connectivity index (χ4v) is 5.60. The summed E-state index contributed by atoms with van der Waals surface area (Å²) >= 11 is 0. The highest BCUT2D eigenvalue weighted by molar-refractivity contribution is 7.89. The second-order valence-corrected chi connectivity index (χ2v) is 10.7. The maximum absolute atomic E-state index is 13.3. The summed E-state index contributed by atoms with van der Waals surface area (Å²) in [6.07, 6.45) is 0. The molecule has 33 heavy (non-hydrogen) atoms. The van der Waals surface area contributed by atoms with Crippen molar-refractivity contribution in [2.75, 3.05) is 43.1 Å². The summed E-state index contributed by atoms with van der Waals surface area (Å²) in [4.78, 5) is 27.3. The molecule has 2 aliphatic heterocycles. The van der Waals surface area contributed by atoms with Crippen molar-refractivity contribution in [2.24, 2.45) is 0 Å². The number of carbonyl (C=O) groups excluding carboxylic acids is 2. The highest BCUT2D eigenvalue weighted by Gasteiger charge is 2.45. The van der Waals surface area contributed by atoms with Crippen molar-refractivity contribution >= 4 is 33.2 Å². The van der Waals surface area contributed by atoms with Crippen LogP contribution < -0.4 is 10.2 Å². The van der Waals surface area contributed by atoms with Gasteiger partial charge in [0.1, 0.15) is 12.4 Å². The zero-order chi connectivity index (χ0) is 24.0. The average Bonchev–Trinajstić information content (AvgIpc) is 2.96. The van der Waals surface area contributed by atoms with E-state index < -0.39 is 27.2 Å². The summed E-state index contributed by atoms with van der Waals surface area (Å²) in [6, 6.07) is 8.60. The number of nitrogens with zero attached hydrogens (tertiary/aromatic N) is 2. The fourth-order valence-electron chi connectivity index (χ4n) is 4.17. The van der Waals surface area contributed by atoms with Crippen LogP contribution in [0.5, 0.6) is 0 Å². The molecule has 0 radical (unpaired) electrons. The molecule has 1 saturated heterocycles. The van der Waals surface area contributed by atoms with Crippen LogP contribution in [0.2, 0.25) is 0 Å². The number of halogens is 1. The van der Waals surface area contributed by atoms with Gasteiger partial charge in [-0.1, -0.05) is 0 Å². The third kappa shape index (κ3) is 4.25. The standard InChI is InChI=1S/C23H26FN3O5S/c1-15-12-16(24)4-6-19(15)25-21(28)14-27-20-7-5-17(13-18(20)23(2,3)22(27)29)33(30,31)26-8-10-32-11-9-26/h4-7,12-13H,8-11,14H2,1-3H3,(H,25,28). The van der Waals surface area contributed by atoms with Crippen LogP contribution in [0.1, 0.15) is 25.0 Å². The van der Waals surface area contributed by atoms with Gasteiger partial charge in [-0.05, 0) is 68.3 Å². The number of sulfonamides is 1. The Morgan fingerprint density at radius 2 is 1.85 bits per heavy atom. The first-order chi connectivity index (χ1) is 15.5. The lowest BCUT2D eigenvalue weighted by molar-refractivity contribution is -0.124. The molecule has 2 amide bonds. The van der Waals surface area contributed by atoms with Gasteiger partial charge < -0.3 is 15.0 Å². The third-order valence-corrected chi connectivity index (χ3v) is 7.98. The number of fused-ring (bicyclic) bond motifs is 1. The van der Waals surface area contributed by atoms with Crippen LogP contribution in [0.25, 0.3) is 0 Å². The zero-order valence-corrected chi connectivity index (χ0v) is 19.5. The molecule has 10 heteroatoms. The maximum Gasteiger partial charge on any atom is 0.244 e. The van der Waals surface area contributed by atoms with E-state index in [1.54, 1.807) is 26.8 Å². The number of nitrogens with one attached hydrogen (secondary N) is 1. The highest BCUT2D eigenvalue weighted by Crippen LogP contribution is 2.42. The summed E-state index contributed by atoms with van der Waals surface area (Å²) in [5, 5.41) is 2.71. The van der Waals surface area contributed by atoms with Crippen LogP contribution in [-0.4, -0.2) is 57.4 Å². The van der Waals surface area contributed by atoms with Crippen molar-refractivity contribution < 1.29 is 27.1 Å². The minimum Gasteiger partial charge on any atom is -0.379 e. The molecule has 2 aliphatic rings. The molecular weight excluding hydrogens is 449 g/mol. The highest BCUT2D eigenvalue weighted by atomic mass is 32.2. The van der Waals surface area contributed by atoms with E-state index in [9.17, 15) is 22.4 Å². The number of amides is 2. The molecule has 1 fully saturated rings. The SMILES string of the molecule is Cc1cc(F)ccc1NC(=O)CN1C(=O)C(C)(C)c2cc(S(=O)(=O)N3CCOCC3)ccc21. The molecule has 2 heterocycles. The Labute approximate surface area is 192 Å². The number of anilines is 2. The molecular formula is C23H26FN3O5S. The first-order valence-electron chi connectivity index (χ1n) is 10.6. The Balaban J connectivity index is 1.60. The molecule has 4 rings (SSSR count). The van der Waals surface area contributed by atoms with Crippen LogP contribution in [0, 0.1) is 12.7 Å². The number of aryl methyl sites for hydroxylation is 1. The molecule has 0 aliphatic carbocycles. The maximum atomic E-state index is 13.3. The van der Waals surface area contributed by atoms with E-state index >= 15 is 0 Å². The first kappa shape index (κ1) is 23.3. The Bertz CT molecular complexity index is 1220. The van der Waals surface area contributed by atoms with Crippen molar-refractivity contribution in [1.82, 2.24) is 4.31 Å². The summed E-state index contributed by atoms with van der Waals surface area (Å²) in [6.45, 7) is 6.07. The van der Waals surface area contributed by atoms with Crippen LogP contribution >= 0.6 is 0 Å². The number of rotatable bonds is 5. The van der Waals surface area contributed by atoms with E-state index in [1.807, 2.05) is 0 Å². The smallest absolute Gasteiger partial charge is 0.244 e. The normalized spacial score (nSPS) is 18.3. The summed E-state index contributed by atoms with van der Waals surface area (Å²) in [5.74, 6) is -1.14. The molecule has 1 N–H and O–H groups in total. The number of ether oxygens (including phenoxy) is 1.